The van der Waals surface area contributed by atoms with Crippen molar-refractivity contribution in [2.75, 3.05) is 12.3 Å². The third kappa shape index (κ3) is 6.52. The number of aliphatic hydroxyl groups excluding tert-OH is 2. The van der Waals surface area contributed by atoms with E-state index in [9.17, 15) is 24.8 Å². The van der Waals surface area contributed by atoms with Gasteiger partial charge in [0.25, 0.3) is 0 Å². The molecule has 0 spiro atoms. The maximum Gasteiger partial charge on any atom is 0.459 e. The van der Waals surface area contributed by atoms with Gasteiger partial charge in [0, 0.05) is 0 Å². The van der Waals surface area contributed by atoms with Crippen molar-refractivity contribution in [3.05, 3.63) is 54.5 Å². The number of fused-ring (bicyclic) bond motifs is 1. The summed E-state index contributed by atoms with van der Waals surface area (Å²) in [5, 5.41) is 38.8. The average molecular weight is 615 g/mol. The van der Waals surface area contributed by atoms with E-state index in [1.54, 1.807) is 30.3 Å². The first-order valence-electron chi connectivity index (χ1n) is 14.0. The number of nitrogens with one attached hydrogen (secondary N) is 1. The second-order valence-electron chi connectivity index (χ2n) is 11.0. The Hall–Kier alpha value is -3.57. The van der Waals surface area contributed by atoms with Crippen LogP contribution in [0.5, 0.6) is 5.75 Å². The Bertz CT molecular complexity index is 1520. The van der Waals surface area contributed by atoms with Gasteiger partial charge in [-0.15, -0.1) is 0 Å². The molecule has 5 rings (SSSR count). The van der Waals surface area contributed by atoms with E-state index >= 15 is 0 Å². The normalized spacial score (nSPS) is 29.4. The summed E-state index contributed by atoms with van der Waals surface area (Å²) in [5.74, 6) is 0.276. The summed E-state index contributed by atoms with van der Waals surface area (Å²) in [5.41, 5.74) is 4.46. The molecule has 1 aliphatic heterocycles. The minimum absolute atomic E-state index is 0.161. The van der Waals surface area contributed by atoms with E-state index in [0.717, 1.165) is 25.7 Å². The minimum atomic E-state index is -4.41. The number of para-hydroxylation sites is 1. The number of carbonyl (C=O) groups is 1. The highest BCUT2D eigenvalue weighted by molar-refractivity contribution is 7.52. The maximum atomic E-state index is 14.1. The van der Waals surface area contributed by atoms with Gasteiger partial charge >= 0.3 is 13.7 Å². The number of anilines is 1. The molecule has 43 heavy (non-hydrogen) atoms. The fourth-order valence-corrected chi connectivity index (χ4v) is 6.79. The first kappa shape index (κ1) is 30.9. The lowest BCUT2D eigenvalue weighted by atomic mass is 9.89. The Kier molecular flexibility index (Phi) is 9.03. The van der Waals surface area contributed by atoms with Gasteiger partial charge in [0.15, 0.2) is 5.82 Å². The fourth-order valence-electron chi connectivity index (χ4n) is 5.27. The zero-order valence-electron chi connectivity index (χ0n) is 23.8. The third-order valence-corrected chi connectivity index (χ3v) is 9.43. The molecule has 6 atom stereocenters. The zero-order chi connectivity index (χ0) is 30.8. The highest BCUT2D eigenvalue weighted by atomic mass is 31.2. The largest absolute Gasteiger partial charge is 0.461 e. The van der Waals surface area contributed by atoms with Gasteiger partial charge in [-0.3, -0.25) is 9.32 Å². The second-order valence-corrected chi connectivity index (χ2v) is 12.7. The molecule has 5 N–H and O–H groups in total. The molecule has 3 aromatic rings. The number of esters is 1. The van der Waals surface area contributed by atoms with Gasteiger partial charge in [-0.25, -0.2) is 14.1 Å². The summed E-state index contributed by atoms with van der Waals surface area (Å²) in [4.78, 5) is 16.8. The SMILES string of the molecule is C[C@H](N[P@@](=O)(OC[C@@]1(C#N)O[C@@H](c2ccc3c(N)ncnn23)[C@H](O)[C@@H]1O)Oc1ccccc1)C(=O)O[C@H]1CC[C@H](C)CC1. The Balaban J connectivity index is 1.34. The standard InChI is InChI=1S/C28H35N6O8P/c1-17-8-10-19(11-9-17)40-27(37)18(2)33-43(38,42-20-6-4-3-5-7-20)39-15-28(14-29)25(36)23(35)24(41-28)21-12-13-22-26(30)31-16-32-34(21)22/h3-7,12-13,16-19,23-25,35-36H,8-11,15H2,1-2H3,(H,33,38)(H2,30,31,32)/t17-,18-,19-,23-,24-,25-,28+,43+/m0/s1. The van der Waals surface area contributed by atoms with Crippen LogP contribution in [0.2, 0.25) is 0 Å². The van der Waals surface area contributed by atoms with Crippen molar-refractivity contribution < 1.29 is 38.1 Å². The van der Waals surface area contributed by atoms with Crippen LogP contribution < -0.4 is 15.3 Å². The van der Waals surface area contributed by atoms with Crippen LogP contribution in [0.25, 0.3) is 5.52 Å². The fraction of sp³-hybridized carbons (Fsp3) is 0.500. The van der Waals surface area contributed by atoms with Crippen LogP contribution in [0.3, 0.4) is 0 Å². The molecule has 230 valence electrons. The van der Waals surface area contributed by atoms with Crippen LogP contribution in [0.1, 0.15) is 51.3 Å². The Morgan fingerprint density at radius 2 is 1.98 bits per heavy atom. The smallest absolute Gasteiger partial charge is 0.459 e. The Morgan fingerprint density at radius 1 is 1.26 bits per heavy atom. The quantitative estimate of drug-likeness (QED) is 0.192. The molecule has 1 saturated heterocycles. The molecular formula is C28H35N6O8P. The highest BCUT2D eigenvalue weighted by Gasteiger charge is 2.57. The summed E-state index contributed by atoms with van der Waals surface area (Å²) < 4.78 is 38.3. The molecule has 2 fully saturated rings. The van der Waals surface area contributed by atoms with Crippen molar-refractivity contribution in [2.45, 2.75) is 75.6 Å². The highest BCUT2D eigenvalue weighted by Crippen LogP contribution is 2.48. The lowest BCUT2D eigenvalue weighted by Gasteiger charge is -2.29. The molecular weight excluding hydrogens is 579 g/mol. The van der Waals surface area contributed by atoms with Gasteiger partial charge in [-0.1, -0.05) is 25.1 Å². The molecule has 0 radical (unpaired) electrons. The number of carbonyl (C=O) groups excluding carboxylic acids is 1. The van der Waals surface area contributed by atoms with E-state index in [0.29, 0.717) is 17.1 Å². The van der Waals surface area contributed by atoms with E-state index < -0.39 is 50.3 Å². The maximum absolute atomic E-state index is 14.1. The Labute approximate surface area is 248 Å². The summed E-state index contributed by atoms with van der Waals surface area (Å²) in [6, 6.07) is 12.0. The van der Waals surface area contributed by atoms with Crippen LogP contribution in [0.4, 0.5) is 5.82 Å². The zero-order valence-corrected chi connectivity index (χ0v) is 24.7. The molecule has 15 heteroatoms. The van der Waals surface area contributed by atoms with Crippen molar-refractivity contribution in [3.8, 4) is 11.8 Å². The molecule has 0 bridgehead atoms. The number of aromatic nitrogens is 3. The van der Waals surface area contributed by atoms with Crippen molar-refractivity contribution >= 4 is 25.1 Å². The van der Waals surface area contributed by atoms with Gasteiger partial charge in [-0.2, -0.15) is 15.4 Å². The number of nitrogens with zero attached hydrogens (tertiary/aromatic N) is 4. The van der Waals surface area contributed by atoms with E-state index in [1.165, 1.54) is 29.9 Å². The van der Waals surface area contributed by atoms with Gasteiger partial charge < -0.3 is 29.9 Å². The number of nitriles is 1. The predicted molar refractivity (Wildman–Crippen MR) is 152 cm³/mol. The van der Waals surface area contributed by atoms with Crippen LogP contribution in [0.15, 0.2) is 48.8 Å². The molecule has 1 saturated carbocycles. The Morgan fingerprint density at radius 3 is 2.67 bits per heavy atom. The van der Waals surface area contributed by atoms with Crippen LogP contribution in [-0.4, -0.2) is 67.3 Å². The molecule has 2 aromatic heterocycles. The molecule has 2 aliphatic rings. The lowest BCUT2D eigenvalue weighted by molar-refractivity contribution is -0.152. The van der Waals surface area contributed by atoms with E-state index in [1.807, 2.05) is 6.07 Å². The van der Waals surface area contributed by atoms with Crippen LogP contribution in [-0.2, 0) is 23.4 Å². The van der Waals surface area contributed by atoms with E-state index in [4.69, 9.17) is 24.3 Å². The molecule has 1 aromatic carbocycles. The first-order chi connectivity index (χ1) is 20.5. The number of aliphatic hydroxyl groups is 2. The van der Waals surface area contributed by atoms with Crippen LogP contribution in [0, 0.1) is 17.2 Å². The summed E-state index contributed by atoms with van der Waals surface area (Å²) in [6.45, 7) is 2.82. The molecule has 3 heterocycles. The predicted octanol–water partition coefficient (Wildman–Crippen LogP) is 2.67. The summed E-state index contributed by atoms with van der Waals surface area (Å²) in [6.07, 6.45) is -0.248. The topological polar surface area (TPSA) is 204 Å². The average Bonchev–Trinajstić information content (AvgIpc) is 3.53. The van der Waals surface area contributed by atoms with Crippen molar-refractivity contribution in [2.24, 2.45) is 5.92 Å². The van der Waals surface area contributed by atoms with Gasteiger partial charge in [0.1, 0.15) is 60.7 Å². The van der Waals surface area contributed by atoms with Crippen molar-refractivity contribution in [1.29, 1.82) is 5.26 Å². The number of hydrogen-bond acceptors (Lipinski definition) is 12. The van der Waals surface area contributed by atoms with Gasteiger partial charge in [0.2, 0.25) is 5.60 Å². The number of nitrogens with two attached hydrogens (primary N) is 1. The minimum Gasteiger partial charge on any atom is -0.461 e. The van der Waals surface area contributed by atoms with Gasteiger partial charge in [-0.05, 0) is 62.8 Å². The van der Waals surface area contributed by atoms with Crippen molar-refractivity contribution in [3.63, 3.8) is 0 Å². The third-order valence-electron chi connectivity index (χ3n) is 7.81. The molecule has 1 aliphatic carbocycles. The lowest BCUT2D eigenvalue weighted by Crippen LogP contribution is -2.46. The first-order valence-corrected chi connectivity index (χ1v) is 15.6. The molecule has 0 unspecified atom stereocenters. The van der Waals surface area contributed by atoms with Crippen LogP contribution >= 0.6 is 7.75 Å². The molecule has 14 nitrogen and oxygen atoms in total. The molecule has 0 amide bonds. The number of ether oxygens (including phenoxy) is 2. The number of nitrogen functional groups attached to an aromatic ring is 1. The summed E-state index contributed by atoms with van der Waals surface area (Å²) >= 11 is 0. The van der Waals surface area contributed by atoms with Gasteiger partial charge in [0.05, 0.1) is 5.69 Å². The van der Waals surface area contributed by atoms with E-state index in [-0.39, 0.29) is 17.7 Å². The summed E-state index contributed by atoms with van der Waals surface area (Å²) in [7, 11) is -4.41. The van der Waals surface area contributed by atoms with Crippen molar-refractivity contribution in [1.82, 2.24) is 19.7 Å². The number of rotatable bonds is 10. The monoisotopic (exact) mass is 614 g/mol. The number of hydrogen-bond donors (Lipinski definition) is 4. The number of benzene rings is 1. The second kappa shape index (κ2) is 12.6. The van der Waals surface area contributed by atoms with E-state index in [2.05, 4.69) is 22.1 Å².